The molecular weight excluding hydrogens is 447 g/mol. The quantitative estimate of drug-likeness (QED) is 0.462. The van der Waals surface area contributed by atoms with Gasteiger partial charge in [0.05, 0.1) is 45.5 Å². The van der Waals surface area contributed by atoms with Crippen LogP contribution in [0, 0.1) is 24.7 Å². The summed E-state index contributed by atoms with van der Waals surface area (Å²) >= 11 is 12.7. The molecule has 3 heterocycles. The minimum Gasteiger partial charge on any atom is -0.320 e. The molecule has 9 heteroatoms. The molecular formula is C23H12Cl2N6O. The molecule has 0 radical (unpaired) electrons. The normalized spacial score (nSPS) is 10.2. The zero-order chi connectivity index (χ0) is 22.7. The largest absolute Gasteiger partial charge is 0.320 e. The maximum Gasteiger partial charge on any atom is 0.257 e. The zero-order valence-electron chi connectivity index (χ0n) is 16.3. The van der Waals surface area contributed by atoms with E-state index in [2.05, 4.69) is 37.3 Å². The number of aromatic nitrogens is 5. The van der Waals surface area contributed by atoms with E-state index in [4.69, 9.17) is 36.0 Å². The van der Waals surface area contributed by atoms with Gasteiger partial charge in [-0.3, -0.25) is 9.78 Å². The lowest BCUT2D eigenvalue weighted by Gasteiger charge is -2.13. The highest BCUT2D eigenvalue weighted by molar-refractivity contribution is 6.35. The molecule has 0 unspecified atom stereocenters. The number of benzene rings is 1. The summed E-state index contributed by atoms with van der Waals surface area (Å²) in [7, 11) is 0. The Hall–Kier alpha value is -4.17. The number of hydrogen-bond donors (Lipinski definition) is 1. The van der Waals surface area contributed by atoms with Gasteiger partial charge in [0.15, 0.2) is 5.82 Å². The summed E-state index contributed by atoms with van der Waals surface area (Å²) in [4.78, 5) is 22.4. The summed E-state index contributed by atoms with van der Waals surface area (Å²) < 4.78 is 0. The number of terminal acetylenes is 2. The number of carbonyl (C=O) groups is 1. The van der Waals surface area contributed by atoms with Crippen LogP contribution in [0.1, 0.15) is 21.5 Å². The van der Waals surface area contributed by atoms with E-state index in [0.717, 1.165) is 0 Å². The van der Waals surface area contributed by atoms with Gasteiger partial charge in [0, 0.05) is 29.1 Å². The van der Waals surface area contributed by atoms with Crippen molar-refractivity contribution >= 4 is 34.8 Å². The van der Waals surface area contributed by atoms with Crippen molar-refractivity contribution in [3.8, 4) is 41.6 Å². The van der Waals surface area contributed by atoms with E-state index in [-0.39, 0.29) is 15.6 Å². The maximum atomic E-state index is 12.9. The molecule has 0 aliphatic heterocycles. The summed E-state index contributed by atoms with van der Waals surface area (Å²) in [6.07, 6.45) is 18.9. The number of amides is 1. The lowest BCUT2D eigenvalue weighted by molar-refractivity contribution is 0.102. The molecule has 4 rings (SSSR count). The molecule has 0 atom stereocenters. The minimum absolute atomic E-state index is 0.189. The SMILES string of the molecule is C#Cc1cnccc1-c1cc(Cl)c(C(=O)Nc2cnc(-n3nccn3)c(Cl)c2)cc1C#C. The van der Waals surface area contributed by atoms with Crippen LogP contribution in [0.3, 0.4) is 0 Å². The number of anilines is 1. The fourth-order valence-corrected chi connectivity index (χ4v) is 3.50. The summed E-state index contributed by atoms with van der Waals surface area (Å²) in [5.41, 5.74) is 2.90. The third-order valence-electron chi connectivity index (χ3n) is 4.46. The molecule has 7 nitrogen and oxygen atoms in total. The Kier molecular flexibility index (Phi) is 5.87. The molecule has 4 aromatic rings. The van der Waals surface area contributed by atoms with Gasteiger partial charge < -0.3 is 5.32 Å². The Morgan fingerprint density at radius 2 is 1.69 bits per heavy atom. The van der Waals surface area contributed by atoms with E-state index in [0.29, 0.717) is 33.8 Å². The summed E-state index contributed by atoms with van der Waals surface area (Å²) in [5.74, 6) is 5.01. The van der Waals surface area contributed by atoms with Crippen LogP contribution in [0.4, 0.5) is 5.69 Å². The summed E-state index contributed by atoms with van der Waals surface area (Å²) in [6.45, 7) is 0. The van der Waals surface area contributed by atoms with Gasteiger partial charge in [0.2, 0.25) is 0 Å². The van der Waals surface area contributed by atoms with Crippen molar-refractivity contribution < 1.29 is 4.79 Å². The van der Waals surface area contributed by atoms with Gasteiger partial charge in [-0.2, -0.15) is 10.2 Å². The van der Waals surface area contributed by atoms with Gasteiger partial charge >= 0.3 is 0 Å². The van der Waals surface area contributed by atoms with Crippen LogP contribution in [0.2, 0.25) is 10.0 Å². The lowest BCUT2D eigenvalue weighted by Crippen LogP contribution is -2.14. The van der Waals surface area contributed by atoms with Crippen LogP contribution in [-0.4, -0.2) is 30.9 Å². The third-order valence-corrected chi connectivity index (χ3v) is 5.05. The first-order chi connectivity index (χ1) is 15.5. The van der Waals surface area contributed by atoms with E-state index >= 15 is 0 Å². The summed E-state index contributed by atoms with van der Waals surface area (Å²) in [6, 6.07) is 6.42. The van der Waals surface area contributed by atoms with E-state index in [9.17, 15) is 4.79 Å². The molecule has 154 valence electrons. The van der Waals surface area contributed by atoms with Crippen molar-refractivity contribution in [1.29, 1.82) is 0 Å². The number of rotatable bonds is 4. The summed E-state index contributed by atoms with van der Waals surface area (Å²) in [5, 5.41) is 11.1. The Bertz CT molecular complexity index is 1420. The van der Waals surface area contributed by atoms with Crippen LogP contribution in [0.15, 0.2) is 55.2 Å². The monoisotopic (exact) mass is 458 g/mol. The fraction of sp³-hybridized carbons (Fsp3) is 0. The first-order valence-electron chi connectivity index (χ1n) is 9.06. The average molecular weight is 459 g/mol. The Morgan fingerprint density at radius 1 is 0.938 bits per heavy atom. The molecule has 3 aromatic heterocycles. The molecule has 0 saturated heterocycles. The van der Waals surface area contributed by atoms with E-state index in [1.807, 2.05) is 0 Å². The topological polar surface area (TPSA) is 85.6 Å². The second kappa shape index (κ2) is 8.91. The van der Waals surface area contributed by atoms with Crippen molar-refractivity contribution in [2.24, 2.45) is 0 Å². The van der Waals surface area contributed by atoms with Crippen LogP contribution >= 0.6 is 23.2 Å². The van der Waals surface area contributed by atoms with Gasteiger partial charge in [-0.1, -0.05) is 35.0 Å². The first kappa shape index (κ1) is 21.1. The van der Waals surface area contributed by atoms with Crippen molar-refractivity contribution in [2.75, 3.05) is 5.32 Å². The number of carbonyl (C=O) groups excluding carboxylic acids is 1. The second-order valence-electron chi connectivity index (χ2n) is 6.39. The minimum atomic E-state index is -0.479. The molecule has 0 bridgehead atoms. The molecule has 0 spiro atoms. The highest BCUT2D eigenvalue weighted by atomic mass is 35.5. The van der Waals surface area contributed by atoms with Crippen LogP contribution in [0.25, 0.3) is 16.9 Å². The molecule has 0 aliphatic carbocycles. The van der Waals surface area contributed by atoms with Crippen molar-refractivity contribution in [2.45, 2.75) is 0 Å². The molecule has 0 saturated carbocycles. The Labute approximate surface area is 193 Å². The number of hydrogen-bond acceptors (Lipinski definition) is 5. The average Bonchev–Trinajstić information content (AvgIpc) is 3.33. The van der Waals surface area contributed by atoms with Crippen molar-refractivity contribution in [1.82, 2.24) is 25.0 Å². The van der Waals surface area contributed by atoms with Gasteiger partial charge in [-0.05, 0) is 24.3 Å². The Balaban J connectivity index is 1.66. The van der Waals surface area contributed by atoms with Crippen LogP contribution in [-0.2, 0) is 0 Å². The maximum absolute atomic E-state index is 12.9. The Morgan fingerprint density at radius 3 is 2.38 bits per heavy atom. The van der Waals surface area contributed by atoms with E-state index in [1.54, 1.807) is 24.5 Å². The van der Waals surface area contributed by atoms with Gasteiger partial charge in [-0.25, -0.2) is 4.98 Å². The zero-order valence-corrected chi connectivity index (χ0v) is 17.8. The first-order valence-corrected chi connectivity index (χ1v) is 9.82. The number of pyridine rings is 2. The van der Waals surface area contributed by atoms with Gasteiger partial charge in [-0.15, -0.1) is 17.6 Å². The number of nitrogens with one attached hydrogen (secondary N) is 1. The standard InChI is InChI=1S/C23H12Cl2N6O/c1-3-14-9-19(20(24)11-18(14)17-5-6-26-12-15(17)4-2)23(32)30-16-10-21(25)22(27-13-16)31-28-7-8-29-31/h1-2,5-13H,(H,30,32). The van der Waals surface area contributed by atoms with Crippen LogP contribution in [0.5, 0.6) is 0 Å². The predicted molar refractivity (Wildman–Crippen MR) is 123 cm³/mol. The molecule has 0 fully saturated rings. The van der Waals surface area contributed by atoms with Crippen LogP contribution < -0.4 is 5.32 Å². The molecule has 32 heavy (non-hydrogen) atoms. The highest BCUT2D eigenvalue weighted by Crippen LogP contribution is 2.32. The highest BCUT2D eigenvalue weighted by Gasteiger charge is 2.17. The lowest BCUT2D eigenvalue weighted by atomic mass is 9.95. The smallest absolute Gasteiger partial charge is 0.257 e. The fourth-order valence-electron chi connectivity index (χ4n) is 3.00. The molecule has 1 aromatic carbocycles. The molecule has 0 aliphatic rings. The predicted octanol–water partition coefficient (Wildman–Crippen LogP) is 4.25. The van der Waals surface area contributed by atoms with E-state index < -0.39 is 5.91 Å². The van der Waals surface area contributed by atoms with E-state index in [1.165, 1.54) is 35.5 Å². The third kappa shape index (κ3) is 4.03. The van der Waals surface area contributed by atoms with Gasteiger partial charge in [0.25, 0.3) is 5.91 Å². The number of nitrogens with zero attached hydrogens (tertiary/aromatic N) is 5. The molecule has 1 amide bonds. The van der Waals surface area contributed by atoms with Gasteiger partial charge in [0.1, 0.15) is 0 Å². The van der Waals surface area contributed by atoms with Crippen molar-refractivity contribution in [3.05, 3.63) is 82.0 Å². The molecule has 1 N–H and O–H groups in total. The van der Waals surface area contributed by atoms with Crippen molar-refractivity contribution in [3.63, 3.8) is 0 Å². The number of halogens is 2. The second-order valence-corrected chi connectivity index (χ2v) is 7.20.